The Kier molecular flexibility index (Phi) is 5.44. The van der Waals surface area contributed by atoms with Crippen molar-refractivity contribution in [3.63, 3.8) is 0 Å². The number of para-hydroxylation sites is 1. The Hall–Kier alpha value is -1.75. The lowest BCUT2D eigenvalue weighted by molar-refractivity contribution is -0.142. The molecule has 0 aliphatic heterocycles. The molecule has 5 heteroatoms. The quantitative estimate of drug-likeness (QED) is 0.751. The van der Waals surface area contributed by atoms with Crippen molar-refractivity contribution >= 4 is 5.97 Å². The Bertz CT molecular complexity index is 481. The molecule has 1 aliphatic carbocycles. The van der Waals surface area contributed by atoms with Gasteiger partial charge in [-0.05, 0) is 38.7 Å². The molecule has 1 saturated carbocycles. The van der Waals surface area contributed by atoms with Crippen LogP contribution in [-0.2, 0) is 11.3 Å². The molecule has 0 aromatic heterocycles. The molecule has 0 amide bonds. The van der Waals surface area contributed by atoms with Crippen LogP contribution in [0.25, 0.3) is 0 Å². The molecule has 116 valence electrons. The predicted octanol–water partition coefficient (Wildman–Crippen LogP) is 2.52. The largest absolute Gasteiger partial charge is 0.504 e. The van der Waals surface area contributed by atoms with Gasteiger partial charge in [-0.15, -0.1) is 0 Å². The van der Waals surface area contributed by atoms with Crippen molar-refractivity contribution in [3.05, 3.63) is 23.8 Å². The maximum atomic E-state index is 10.9. The fourth-order valence-electron chi connectivity index (χ4n) is 2.78. The number of benzene rings is 1. The number of hydrogen-bond acceptors (Lipinski definition) is 4. The molecule has 1 aromatic rings. The summed E-state index contributed by atoms with van der Waals surface area (Å²) in [6.07, 6.45) is 3.17. The summed E-state index contributed by atoms with van der Waals surface area (Å²) in [4.78, 5) is 10.9. The molecule has 1 aliphatic rings. The van der Waals surface area contributed by atoms with E-state index < -0.39 is 5.97 Å². The number of rotatable bonds is 6. The van der Waals surface area contributed by atoms with Crippen LogP contribution in [-0.4, -0.2) is 28.8 Å². The summed E-state index contributed by atoms with van der Waals surface area (Å²) in [6.45, 7) is 2.96. The van der Waals surface area contributed by atoms with Gasteiger partial charge in [-0.2, -0.15) is 0 Å². The van der Waals surface area contributed by atoms with Gasteiger partial charge in [-0.25, -0.2) is 0 Å². The number of ether oxygens (including phenoxy) is 1. The Morgan fingerprint density at radius 2 is 2.05 bits per heavy atom. The van der Waals surface area contributed by atoms with Crippen LogP contribution < -0.4 is 10.1 Å². The van der Waals surface area contributed by atoms with Crippen molar-refractivity contribution in [1.82, 2.24) is 5.32 Å². The van der Waals surface area contributed by atoms with Crippen molar-refractivity contribution < 1.29 is 19.7 Å². The first kappa shape index (κ1) is 15.6. The molecule has 0 heterocycles. The summed E-state index contributed by atoms with van der Waals surface area (Å²) in [5, 5.41) is 22.5. The highest BCUT2D eigenvalue weighted by molar-refractivity contribution is 5.70. The first-order valence-electron chi connectivity index (χ1n) is 7.51. The van der Waals surface area contributed by atoms with Crippen LogP contribution in [0.4, 0.5) is 0 Å². The lowest BCUT2D eigenvalue weighted by Crippen LogP contribution is -2.34. The highest BCUT2D eigenvalue weighted by Crippen LogP contribution is 2.30. The minimum Gasteiger partial charge on any atom is -0.504 e. The SMILES string of the molecule is CCOc1cccc(CNC2CCC(C(=O)O)CC2)c1O. The van der Waals surface area contributed by atoms with Crippen molar-refractivity contribution in [2.75, 3.05) is 6.61 Å². The fourth-order valence-corrected chi connectivity index (χ4v) is 2.78. The van der Waals surface area contributed by atoms with E-state index in [1.165, 1.54) is 0 Å². The van der Waals surface area contributed by atoms with Gasteiger partial charge in [0.15, 0.2) is 11.5 Å². The highest BCUT2D eigenvalue weighted by Gasteiger charge is 2.25. The summed E-state index contributed by atoms with van der Waals surface area (Å²) >= 11 is 0. The molecule has 1 fully saturated rings. The first-order valence-corrected chi connectivity index (χ1v) is 7.51. The number of carboxylic acids is 1. The minimum absolute atomic E-state index is 0.186. The van der Waals surface area contributed by atoms with Crippen LogP contribution in [0, 0.1) is 5.92 Å². The topological polar surface area (TPSA) is 78.8 Å². The Morgan fingerprint density at radius 1 is 1.33 bits per heavy atom. The molecule has 21 heavy (non-hydrogen) atoms. The van der Waals surface area contributed by atoms with E-state index in [1.54, 1.807) is 6.07 Å². The molecule has 3 N–H and O–H groups in total. The summed E-state index contributed by atoms with van der Waals surface area (Å²) in [6, 6.07) is 5.80. The summed E-state index contributed by atoms with van der Waals surface area (Å²) in [5.41, 5.74) is 0.807. The van der Waals surface area contributed by atoms with Crippen LogP contribution in [0.3, 0.4) is 0 Å². The number of hydrogen-bond donors (Lipinski definition) is 3. The van der Waals surface area contributed by atoms with E-state index in [-0.39, 0.29) is 11.7 Å². The third kappa shape index (κ3) is 4.11. The predicted molar refractivity (Wildman–Crippen MR) is 79.5 cm³/mol. The number of aliphatic carboxylic acids is 1. The average Bonchev–Trinajstić information content (AvgIpc) is 2.49. The summed E-state index contributed by atoms with van der Waals surface area (Å²) < 4.78 is 5.37. The number of phenolic OH excluding ortho intramolecular Hbond substituents is 1. The second-order valence-corrected chi connectivity index (χ2v) is 5.46. The zero-order valence-corrected chi connectivity index (χ0v) is 12.3. The Balaban J connectivity index is 1.86. The number of nitrogens with one attached hydrogen (secondary N) is 1. The zero-order valence-electron chi connectivity index (χ0n) is 12.3. The number of carboxylic acid groups (broad SMARTS) is 1. The molecule has 0 bridgehead atoms. The molecule has 0 unspecified atom stereocenters. The molecular weight excluding hydrogens is 270 g/mol. The van der Waals surface area contributed by atoms with E-state index in [9.17, 15) is 9.90 Å². The Morgan fingerprint density at radius 3 is 2.67 bits per heavy atom. The second kappa shape index (κ2) is 7.31. The standard InChI is InChI=1S/C16H23NO4/c1-2-21-14-5-3-4-12(15(14)18)10-17-13-8-6-11(7-9-13)16(19)20/h3-5,11,13,17-18H,2,6-10H2,1H3,(H,19,20). The van der Waals surface area contributed by atoms with E-state index in [2.05, 4.69) is 5.32 Å². The molecule has 0 atom stereocenters. The van der Waals surface area contributed by atoms with E-state index in [0.29, 0.717) is 24.9 Å². The van der Waals surface area contributed by atoms with E-state index in [1.807, 2.05) is 19.1 Å². The van der Waals surface area contributed by atoms with E-state index in [0.717, 1.165) is 31.2 Å². The van der Waals surface area contributed by atoms with Crippen LogP contribution in [0.15, 0.2) is 18.2 Å². The third-order valence-corrected chi connectivity index (χ3v) is 4.04. The van der Waals surface area contributed by atoms with Crippen LogP contribution in [0.5, 0.6) is 11.5 Å². The van der Waals surface area contributed by atoms with E-state index >= 15 is 0 Å². The van der Waals surface area contributed by atoms with Gasteiger partial charge < -0.3 is 20.3 Å². The van der Waals surface area contributed by atoms with E-state index in [4.69, 9.17) is 9.84 Å². The van der Waals surface area contributed by atoms with Gasteiger partial charge in [0.05, 0.1) is 12.5 Å². The molecule has 5 nitrogen and oxygen atoms in total. The second-order valence-electron chi connectivity index (χ2n) is 5.46. The van der Waals surface area contributed by atoms with Gasteiger partial charge in [-0.3, -0.25) is 4.79 Å². The normalized spacial score (nSPS) is 22.0. The van der Waals surface area contributed by atoms with Crippen LogP contribution in [0.2, 0.25) is 0 Å². The van der Waals surface area contributed by atoms with Crippen LogP contribution >= 0.6 is 0 Å². The zero-order chi connectivity index (χ0) is 15.2. The number of aromatic hydroxyl groups is 1. The van der Waals surface area contributed by atoms with Gasteiger partial charge >= 0.3 is 5.97 Å². The summed E-state index contributed by atoms with van der Waals surface area (Å²) in [7, 11) is 0. The number of carbonyl (C=O) groups is 1. The highest BCUT2D eigenvalue weighted by atomic mass is 16.5. The van der Waals surface area contributed by atoms with Crippen molar-refractivity contribution in [2.24, 2.45) is 5.92 Å². The molecule has 0 radical (unpaired) electrons. The molecule has 2 rings (SSSR count). The van der Waals surface area contributed by atoms with Gasteiger partial charge in [0.25, 0.3) is 0 Å². The molecule has 0 spiro atoms. The maximum absolute atomic E-state index is 10.9. The van der Waals surface area contributed by atoms with Crippen molar-refractivity contribution in [1.29, 1.82) is 0 Å². The molecule has 1 aromatic carbocycles. The summed E-state index contributed by atoms with van der Waals surface area (Å²) in [5.74, 6) is -0.189. The lowest BCUT2D eigenvalue weighted by atomic mass is 9.86. The van der Waals surface area contributed by atoms with Gasteiger partial charge in [0.2, 0.25) is 0 Å². The smallest absolute Gasteiger partial charge is 0.306 e. The first-order chi connectivity index (χ1) is 10.1. The van der Waals surface area contributed by atoms with Gasteiger partial charge in [0.1, 0.15) is 0 Å². The number of phenols is 1. The average molecular weight is 293 g/mol. The van der Waals surface area contributed by atoms with Crippen LogP contribution in [0.1, 0.15) is 38.2 Å². The maximum Gasteiger partial charge on any atom is 0.306 e. The molecule has 0 saturated heterocycles. The van der Waals surface area contributed by atoms with Gasteiger partial charge in [0, 0.05) is 18.2 Å². The Labute approximate surface area is 124 Å². The lowest BCUT2D eigenvalue weighted by Gasteiger charge is -2.27. The minimum atomic E-state index is -0.685. The third-order valence-electron chi connectivity index (χ3n) is 4.04. The van der Waals surface area contributed by atoms with Crippen molar-refractivity contribution in [2.45, 2.75) is 45.2 Å². The fraction of sp³-hybridized carbons (Fsp3) is 0.562. The van der Waals surface area contributed by atoms with Gasteiger partial charge in [-0.1, -0.05) is 12.1 Å². The van der Waals surface area contributed by atoms with Crippen molar-refractivity contribution in [3.8, 4) is 11.5 Å². The molecular formula is C16H23NO4. The monoisotopic (exact) mass is 293 g/mol.